The molecule has 1 heterocycles. The molecule has 6 heteroatoms. The Balaban J connectivity index is 1.75. The van der Waals surface area contributed by atoms with E-state index < -0.39 is 12.0 Å². The van der Waals surface area contributed by atoms with E-state index in [1.54, 1.807) is 0 Å². The van der Waals surface area contributed by atoms with Crippen LogP contribution in [0, 0.1) is 11.3 Å². The number of nitrogens with one attached hydrogen (secondary N) is 1. The van der Waals surface area contributed by atoms with Gasteiger partial charge in [-0.3, -0.25) is 4.79 Å². The number of ether oxygens (including phenoxy) is 1. The van der Waals surface area contributed by atoms with E-state index in [0.717, 1.165) is 5.56 Å². The molecular formula is C18H19N3O3. The number of amides is 1. The largest absolute Gasteiger partial charge is 0.389 e. The molecule has 0 spiro atoms. The normalized spacial score (nSPS) is 12.9. The molecule has 1 aromatic carbocycles. The van der Waals surface area contributed by atoms with Crippen LogP contribution in [0.2, 0.25) is 0 Å². The number of hydrogen-bond acceptors (Lipinski definition) is 5. The molecule has 0 bridgehead atoms. The molecule has 0 aliphatic heterocycles. The number of pyridine rings is 1. The highest BCUT2D eigenvalue weighted by atomic mass is 16.5. The van der Waals surface area contributed by atoms with Crippen molar-refractivity contribution < 1.29 is 14.6 Å². The predicted molar refractivity (Wildman–Crippen MR) is 88.1 cm³/mol. The highest BCUT2D eigenvalue weighted by molar-refractivity contribution is 5.92. The third kappa shape index (κ3) is 5.16. The summed E-state index contributed by atoms with van der Waals surface area (Å²) in [5, 5.41) is 21.2. The van der Waals surface area contributed by atoms with Crippen LogP contribution in [0.15, 0.2) is 48.7 Å². The highest BCUT2D eigenvalue weighted by Gasteiger charge is 2.12. The molecule has 0 aliphatic rings. The average Bonchev–Trinajstić information content (AvgIpc) is 2.64. The van der Waals surface area contributed by atoms with Gasteiger partial charge in [-0.15, -0.1) is 0 Å². The molecule has 0 saturated carbocycles. The zero-order valence-electron chi connectivity index (χ0n) is 13.3. The Labute approximate surface area is 140 Å². The van der Waals surface area contributed by atoms with Gasteiger partial charge in [0.25, 0.3) is 5.91 Å². The van der Waals surface area contributed by atoms with Gasteiger partial charge in [0.2, 0.25) is 0 Å². The molecule has 0 unspecified atom stereocenters. The zero-order valence-corrected chi connectivity index (χ0v) is 13.3. The number of carbonyl (C=O) groups is 1. The molecule has 2 N–H and O–H groups in total. The van der Waals surface area contributed by atoms with Gasteiger partial charge in [0.1, 0.15) is 11.8 Å². The van der Waals surface area contributed by atoms with Crippen LogP contribution < -0.4 is 5.32 Å². The van der Waals surface area contributed by atoms with E-state index in [1.165, 1.54) is 18.3 Å². The quantitative estimate of drug-likeness (QED) is 0.809. The van der Waals surface area contributed by atoms with Crippen molar-refractivity contribution in [3.63, 3.8) is 0 Å². The minimum absolute atomic E-state index is 0.0576. The first-order chi connectivity index (χ1) is 11.6. The summed E-state index contributed by atoms with van der Waals surface area (Å²) in [4.78, 5) is 15.8. The molecule has 24 heavy (non-hydrogen) atoms. The van der Waals surface area contributed by atoms with Gasteiger partial charge in [0.05, 0.1) is 24.4 Å². The Morgan fingerprint density at radius 3 is 2.71 bits per heavy atom. The lowest BCUT2D eigenvalue weighted by molar-refractivity contribution is -0.00173. The zero-order chi connectivity index (χ0) is 17.4. The predicted octanol–water partition coefficient (Wildman–Crippen LogP) is 1.82. The van der Waals surface area contributed by atoms with Crippen LogP contribution in [0.25, 0.3) is 0 Å². The van der Waals surface area contributed by atoms with E-state index in [9.17, 15) is 9.90 Å². The molecular weight excluding hydrogens is 306 g/mol. The molecule has 2 aromatic rings. The van der Waals surface area contributed by atoms with Crippen molar-refractivity contribution in [1.29, 1.82) is 5.26 Å². The van der Waals surface area contributed by atoms with Crippen molar-refractivity contribution >= 4 is 5.91 Å². The molecule has 0 fully saturated rings. The van der Waals surface area contributed by atoms with Crippen LogP contribution in [0.1, 0.15) is 34.6 Å². The lowest BCUT2D eigenvalue weighted by Crippen LogP contribution is -2.35. The summed E-state index contributed by atoms with van der Waals surface area (Å²) in [5.74, 6) is -0.408. The number of carbonyl (C=O) groups excluding carboxylic acids is 1. The van der Waals surface area contributed by atoms with Crippen molar-refractivity contribution in [3.05, 3.63) is 65.5 Å². The molecule has 1 amide bonds. The van der Waals surface area contributed by atoms with E-state index in [1.807, 2.05) is 43.3 Å². The first-order valence-corrected chi connectivity index (χ1v) is 7.59. The first kappa shape index (κ1) is 17.6. The summed E-state index contributed by atoms with van der Waals surface area (Å²) in [7, 11) is 0. The number of nitrogens with zero attached hydrogens (tertiary/aromatic N) is 2. The Bertz CT molecular complexity index is 696. The number of nitriles is 1. The van der Waals surface area contributed by atoms with Crippen LogP contribution in [0.5, 0.6) is 0 Å². The molecule has 2 rings (SSSR count). The number of hydrogen-bond donors (Lipinski definition) is 2. The fourth-order valence-electron chi connectivity index (χ4n) is 2.03. The number of aliphatic hydroxyl groups excluding tert-OH is 1. The maximum Gasteiger partial charge on any atom is 0.269 e. The van der Waals surface area contributed by atoms with Gasteiger partial charge in [0, 0.05) is 12.7 Å². The minimum atomic E-state index is -0.821. The first-order valence-electron chi connectivity index (χ1n) is 7.59. The second-order valence-corrected chi connectivity index (χ2v) is 5.29. The fraction of sp³-hybridized carbons (Fsp3) is 0.278. The van der Waals surface area contributed by atoms with Gasteiger partial charge in [-0.2, -0.15) is 5.26 Å². The second-order valence-electron chi connectivity index (χ2n) is 5.29. The second kappa shape index (κ2) is 8.77. The molecule has 124 valence electrons. The van der Waals surface area contributed by atoms with Gasteiger partial charge >= 0.3 is 0 Å². The maximum absolute atomic E-state index is 11.9. The molecule has 6 nitrogen and oxygen atoms in total. The lowest BCUT2D eigenvalue weighted by Gasteiger charge is -2.17. The third-order valence-corrected chi connectivity index (χ3v) is 3.43. The van der Waals surface area contributed by atoms with Crippen molar-refractivity contribution in [3.8, 4) is 6.07 Å². The van der Waals surface area contributed by atoms with Gasteiger partial charge in [-0.1, -0.05) is 30.3 Å². The van der Waals surface area contributed by atoms with Crippen LogP contribution in [0.3, 0.4) is 0 Å². The van der Waals surface area contributed by atoms with Crippen molar-refractivity contribution in [2.75, 3.05) is 13.2 Å². The Hall–Kier alpha value is -2.75. The van der Waals surface area contributed by atoms with Crippen LogP contribution in [-0.2, 0) is 4.74 Å². The minimum Gasteiger partial charge on any atom is -0.389 e. The van der Waals surface area contributed by atoms with Gasteiger partial charge in [0.15, 0.2) is 0 Å². The number of aliphatic hydroxyl groups is 1. The Kier molecular flexibility index (Phi) is 6.43. The summed E-state index contributed by atoms with van der Waals surface area (Å²) < 4.78 is 5.61. The summed E-state index contributed by atoms with van der Waals surface area (Å²) in [6.07, 6.45) is 0.367. The van der Waals surface area contributed by atoms with Crippen molar-refractivity contribution in [1.82, 2.24) is 10.3 Å². The molecule has 0 radical (unpaired) electrons. The SMILES string of the molecule is C[C@@H](OC[C@H](O)CNC(=O)c1ccc(C#N)cn1)c1ccccc1. The smallest absolute Gasteiger partial charge is 0.269 e. The van der Waals surface area contributed by atoms with E-state index in [0.29, 0.717) is 5.56 Å². The maximum atomic E-state index is 11.9. The van der Waals surface area contributed by atoms with E-state index in [4.69, 9.17) is 10.00 Å². The van der Waals surface area contributed by atoms with Gasteiger partial charge in [-0.25, -0.2) is 4.98 Å². The lowest BCUT2D eigenvalue weighted by atomic mass is 10.1. The molecule has 0 saturated heterocycles. The monoisotopic (exact) mass is 325 g/mol. The van der Waals surface area contributed by atoms with Crippen LogP contribution >= 0.6 is 0 Å². The van der Waals surface area contributed by atoms with E-state index in [-0.39, 0.29) is 24.9 Å². The van der Waals surface area contributed by atoms with E-state index in [2.05, 4.69) is 10.3 Å². The molecule has 0 aliphatic carbocycles. The van der Waals surface area contributed by atoms with Crippen LogP contribution in [-0.4, -0.2) is 35.3 Å². The topological polar surface area (TPSA) is 95.2 Å². The average molecular weight is 325 g/mol. The highest BCUT2D eigenvalue weighted by Crippen LogP contribution is 2.15. The molecule has 2 atom stereocenters. The van der Waals surface area contributed by atoms with Crippen molar-refractivity contribution in [2.45, 2.75) is 19.1 Å². The number of benzene rings is 1. The Morgan fingerprint density at radius 2 is 2.08 bits per heavy atom. The van der Waals surface area contributed by atoms with Gasteiger partial charge < -0.3 is 15.2 Å². The van der Waals surface area contributed by atoms with Crippen LogP contribution in [0.4, 0.5) is 0 Å². The summed E-state index contributed by atoms with van der Waals surface area (Å²) >= 11 is 0. The standard InChI is InChI=1S/C18H19N3O3/c1-13(15-5-3-2-4-6-15)24-12-16(22)11-21-18(23)17-8-7-14(9-19)10-20-17/h2-8,10,13,16,22H,11-12H2,1H3,(H,21,23)/t13-,16-/m1/s1. The molecule has 1 aromatic heterocycles. The van der Waals surface area contributed by atoms with Crippen molar-refractivity contribution in [2.24, 2.45) is 0 Å². The number of rotatable bonds is 7. The number of aromatic nitrogens is 1. The summed E-state index contributed by atoms with van der Waals surface area (Å²) in [6.45, 7) is 2.07. The third-order valence-electron chi connectivity index (χ3n) is 3.43. The van der Waals surface area contributed by atoms with E-state index >= 15 is 0 Å². The van der Waals surface area contributed by atoms with Gasteiger partial charge in [-0.05, 0) is 24.6 Å². The Morgan fingerprint density at radius 1 is 1.33 bits per heavy atom. The summed E-state index contributed by atoms with van der Waals surface area (Å²) in [5.41, 5.74) is 1.60. The summed E-state index contributed by atoms with van der Waals surface area (Å²) in [6, 6.07) is 14.6. The fourth-order valence-corrected chi connectivity index (χ4v) is 2.03.